The third kappa shape index (κ3) is 6.07. The summed E-state index contributed by atoms with van der Waals surface area (Å²) in [7, 11) is 0. The van der Waals surface area contributed by atoms with Crippen molar-refractivity contribution in [2.75, 3.05) is 13.1 Å². The molecule has 0 bridgehead atoms. The van der Waals surface area contributed by atoms with Gasteiger partial charge in [-0.2, -0.15) is 0 Å². The van der Waals surface area contributed by atoms with Gasteiger partial charge < -0.3 is 10.1 Å². The highest BCUT2D eigenvalue weighted by atomic mass is 16.6. The maximum atomic E-state index is 11.8. The molecule has 0 aliphatic carbocycles. The number of likely N-dealkylation sites (tertiary alicyclic amines) is 1. The second-order valence-corrected chi connectivity index (χ2v) is 7.37. The predicted octanol–water partition coefficient (Wildman–Crippen LogP) is 1.96. The topological polar surface area (TPSA) is 85.2 Å². The number of rotatable bonds is 6. The van der Waals surface area contributed by atoms with Gasteiger partial charge in [-0.15, -0.1) is 5.10 Å². The lowest BCUT2D eigenvalue weighted by Gasteiger charge is -2.32. The average molecular weight is 338 g/mol. The van der Waals surface area contributed by atoms with Crippen LogP contribution in [0.3, 0.4) is 0 Å². The molecule has 0 radical (unpaired) electrons. The molecule has 0 atom stereocenters. The third-order valence-electron chi connectivity index (χ3n) is 4.00. The lowest BCUT2D eigenvalue weighted by molar-refractivity contribution is 0.0476. The Hall–Kier alpha value is -1.70. The number of carbonyl (C=O) groups excluding carboxylic acids is 1. The number of amides is 1. The summed E-state index contributed by atoms with van der Waals surface area (Å²) in [5.41, 5.74) is -0.458. The average Bonchev–Trinajstić information content (AvgIpc) is 2.92. The van der Waals surface area contributed by atoms with E-state index in [0.717, 1.165) is 57.7 Å². The van der Waals surface area contributed by atoms with E-state index in [2.05, 4.69) is 32.7 Å². The number of hydrogen-bond acceptors (Lipinski definition) is 6. The maximum absolute atomic E-state index is 11.8. The van der Waals surface area contributed by atoms with Crippen molar-refractivity contribution in [3.63, 3.8) is 0 Å². The summed E-state index contributed by atoms with van der Waals surface area (Å²) >= 11 is 0. The van der Waals surface area contributed by atoms with Crippen LogP contribution in [-0.4, -0.2) is 55.9 Å². The molecule has 0 saturated carbocycles. The Morgan fingerprint density at radius 2 is 2.04 bits per heavy atom. The van der Waals surface area contributed by atoms with Crippen molar-refractivity contribution in [1.82, 2.24) is 30.4 Å². The molecule has 2 heterocycles. The fourth-order valence-electron chi connectivity index (χ4n) is 2.73. The second kappa shape index (κ2) is 8.41. The highest BCUT2D eigenvalue weighted by molar-refractivity contribution is 5.68. The highest BCUT2D eigenvalue weighted by Crippen LogP contribution is 2.14. The minimum atomic E-state index is -0.458. The number of alkyl carbamates (subject to hydrolysis) is 1. The molecule has 1 aromatic heterocycles. The first-order chi connectivity index (χ1) is 11.4. The number of nitrogens with one attached hydrogen (secondary N) is 1. The summed E-state index contributed by atoms with van der Waals surface area (Å²) in [4.78, 5) is 14.2. The number of unbranched alkanes of at least 4 members (excludes halogenated alkanes) is 1. The van der Waals surface area contributed by atoms with Gasteiger partial charge in [0.2, 0.25) is 0 Å². The van der Waals surface area contributed by atoms with Gasteiger partial charge in [0.1, 0.15) is 5.60 Å². The number of carbonyl (C=O) groups is 1. The fraction of sp³-hybridized carbons (Fsp3) is 0.875. The van der Waals surface area contributed by atoms with Crippen molar-refractivity contribution in [2.24, 2.45) is 0 Å². The standard InChI is InChI=1S/C16H30N6O2/c1-5-6-9-22-14(18-19-20-22)12-21-10-7-13(8-11-21)17-15(23)24-16(2,3)4/h13H,5-12H2,1-4H3,(H,17,23). The lowest BCUT2D eigenvalue weighted by atomic mass is 10.1. The summed E-state index contributed by atoms with van der Waals surface area (Å²) in [6, 6.07) is 0.173. The van der Waals surface area contributed by atoms with Gasteiger partial charge in [-0.1, -0.05) is 13.3 Å². The zero-order valence-electron chi connectivity index (χ0n) is 15.3. The van der Waals surface area contributed by atoms with Crippen molar-refractivity contribution in [3.8, 4) is 0 Å². The van der Waals surface area contributed by atoms with Crippen LogP contribution in [-0.2, 0) is 17.8 Å². The van der Waals surface area contributed by atoms with Crippen LogP contribution in [0, 0.1) is 0 Å². The number of piperidine rings is 1. The normalized spacial score (nSPS) is 17.0. The van der Waals surface area contributed by atoms with E-state index in [1.54, 1.807) is 0 Å². The molecule has 2 rings (SSSR count). The molecular formula is C16H30N6O2. The molecule has 24 heavy (non-hydrogen) atoms. The first kappa shape index (κ1) is 18.6. The molecule has 0 aromatic carbocycles. The summed E-state index contributed by atoms with van der Waals surface area (Å²) in [6.07, 6.45) is 3.71. The van der Waals surface area contributed by atoms with Crippen molar-refractivity contribution in [1.29, 1.82) is 0 Å². The van der Waals surface area contributed by atoms with Crippen molar-refractivity contribution >= 4 is 6.09 Å². The molecule has 1 amide bonds. The number of ether oxygens (including phenoxy) is 1. The molecule has 1 aliphatic rings. The van der Waals surface area contributed by atoms with Gasteiger partial charge in [0.05, 0.1) is 6.54 Å². The summed E-state index contributed by atoms with van der Waals surface area (Å²) in [6.45, 7) is 11.2. The van der Waals surface area contributed by atoms with Crippen LogP contribution in [0.15, 0.2) is 0 Å². The summed E-state index contributed by atoms with van der Waals surface area (Å²) in [5.74, 6) is 0.919. The third-order valence-corrected chi connectivity index (χ3v) is 4.00. The molecule has 8 nitrogen and oxygen atoms in total. The lowest BCUT2D eigenvalue weighted by Crippen LogP contribution is -2.46. The fourth-order valence-corrected chi connectivity index (χ4v) is 2.73. The van der Waals surface area contributed by atoms with E-state index in [-0.39, 0.29) is 12.1 Å². The SMILES string of the molecule is CCCCn1nnnc1CN1CCC(NC(=O)OC(C)(C)C)CC1. The zero-order chi connectivity index (χ0) is 17.6. The first-order valence-corrected chi connectivity index (χ1v) is 8.84. The van der Waals surface area contributed by atoms with Gasteiger partial charge in [0, 0.05) is 25.7 Å². The van der Waals surface area contributed by atoms with E-state index in [1.165, 1.54) is 0 Å². The number of hydrogen-bond donors (Lipinski definition) is 1. The van der Waals surface area contributed by atoms with E-state index in [1.807, 2.05) is 25.5 Å². The van der Waals surface area contributed by atoms with Gasteiger partial charge in [-0.25, -0.2) is 9.48 Å². The van der Waals surface area contributed by atoms with Crippen LogP contribution < -0.4 is 5.32 Å². The number of nitrogens with zero attached hydrogens (tertiary/aromatic N) is 5. The first-order valence-electron chi connectivity index (χ1n) is 8.84. The van der Waals surface area contributed by atoms with Crippen LogP contribution in [0.25, 0.3) is 0 Å². The molecule has 1 aromatic rings. The molecule has 1 fully saturated rings. The largest absolute Gasteiger partial charge is 0.444 e. The van der Waals surface area contributed by atoms with Gasteiger partial charge in [0.25, 0.3) is 0 Å². The van der Waals surface area contributed by atoms with Crippen LogP contribution >= 0.6 is 0 Å². The molecule has 8 heteroatoms. The molecule has 136 valence electrons. The number of aryl methyl sites for hydroxylation is 1. The van der Waals surface area contributed by atoms with Gasteiger partial charge >= 0.3 is 6.09 Å². The summed E-state index contributed by atoms with van der Waals surface area (Å²) in [5, 5.41) is 15.0. The Morgan fingerprint density at radius 3 is 2.67 bits per heavy atom. The summed E-state index contributed by atoms with van der Waals surface area (Å²) < 4.78 is 7.21. The maximum Gasteiger partial charge on any atom is 0.407 e. The Morgan fingerprint density at radius 1 is 1.33 bits per heavy atom. The minimum absolute atomic E-state index is 0.173. The van der Waals surface area contributed by atoms with E-state index in [0.29, 0.717) is 0 Å². The van der Waals surface area contributed by atoms with E-state index < -0.39 is 5.60 Å². The molecule has 1 N–H and O–H groups in total. The van der Waals surface area contributed by atoms with Crippen molar-refractivity contribution < 1.29 is 9.53 Å². The highest BCUT2D eigenvalue weighted by Gasteiger charge is 2.24. The van der Waals surface area contributed by atoms with Crippen LogP contribution in [0.2, 0.25) is 0 Å². The van der Waals surface area contributed by atoms with Crippen molar-refractivity contribution in [2.45, 2.75) is 78.1 Å². The molecular weight excluding hydrogens is 308 g/mol. The monoisotopic (exact) mass is 338 g/mol. The van der Waals surface area contributed by atoms with Gasteiger partial charge in [-0.05, 0) is 50.5 Å². The van der Waals surface area contributed by atoms with Gasteiger partial charge in [0.15, 0.2) is 5.82 Å². The Kier molecular flexibility index (Phi) is 6.53. The van der Waals surface area contributed by atoms with E-state index >= 15 is 0 Å². The molecule has 0 spiro atoms. The second-order valence-electron chi connectivity index (χ2n) is 7.37. The minimum Gasteiger partial charge on any atom is -0.444 e. The van der Waals surface area contributed by atoms with Crippen LogP contribution in [0.5, 0.6) is 0 Å². The van der Waals surface area contributed by atoms with Crippen LogP contribution in [0.1, 0.15) is 59.2 Å². The zero-order valence-corrected chi connectivity index (χ0v) is 15.3. The smallest absolute Gasteiger partial charge is 0.407 e. The number of aromatic nitrogens is 4. The van der Waals surface area contributed by atoms with Crippen molar-refractivity contribution in [3.05, 3.63) is 5.82 Å². The molecule has 1 saturated heterocycles. The Labute approximate surface area is 143 Å². The Balaban J connectivity index is 1.75. The predicted molar refractivity (Wildman–Crippen MR) is 90.4 cm³/mol. The van der Waals surface area contributed by atoms with E-state index in [9.17, 15) is 4.79 Å². The molecule has 0 unspecified atom stereocenters. The van der Waals surface area contributed by atoms with E-state index in [4.69, 9.17) is 4.74 Å². The Bertz CT molecular complexity index is 517. The van der Waals surface area contributed by atoms with Gasteiger partial charge in [-0.3, -0.25) is 4.90 Å². The van der Waals surface area contributed by atoms with Crippen LogP contribution in [0.4, 0.5) is 4.79 Å². The number of tetrazole rings is 1. The molecule has 1 aliphatic heterocycles. The quantitative estimate of drug-likeness (QED) is 0.853.